The van der Waals surface area contributed by atoms with Gasteiger partial charge in [-0.15, -0.1) is 0 Å². The number of piperidine rings is 1. The van der Waals surface area contributed by atoms with Gasteiger partial charge in [0.1, 0.15) is 0 Å². The molecule has 7 heteroatoms. The minimum atomic E-state index is -0.790. The number of rotatable bonds is 4. The zero-order chi connectivity index (χ0) is 18.1. The van der Waals surface area contributed by atoms with Crippen molar-refractivity contribution in [3.8, 4) is 0 Å². The highest BCUT2D eigenvalue weighted by atomic mass is 19.2. The van der Waals surface area contributed by atoms with Gasteiger partial charge in [0.2, 0.25) is 5.89 Å². The highest BCUT2D eigenvalue weighted by molar-refractivity contribution is 5.31. The summed E-state index contributed by atoms with van der Waals surface area (Å²) in [5, 5.41) is 4.10. The smallest absolute Gasteiger partial charge is 0.266 e. The van der Waals surface area contributed by atoms with Gasteiger partial charge in [0, 0.05) is 38.0 Å². The van der Waals surface area contributed by atoms with Gasteiger partial charge < -0.3 is 9.42 Å². The molecular weight excluding hydrogens is 338 g/mol. The van der Waals surface area contributed by atoms with Crippen molar-refractivity contribution in [2.45, 2.75) is 39.2 Å². The van der Waals surface area contributed by atoms with Crippen molar-refractivity contribution >= 4 is 5.95 Å². The Bertz CT molecular complexity index is 781. The maximum absolute atomic E-state index is 13.5. The van der Waals surface area contributed by atoms with Crippen LogP contribution in [0, 0.1) is 17.0 Å². The van der Waals surface area contributed by atoms with E-state index in [1.807, 2.05) is 6.92 Å². The standard InChI is InChI=1S/C19H24F2N4O/c1-2-17-22-18(23-26-17)25-9-7-19(13-25)6-3-8-24(12-19)11-14-4-5-15(20)16(21)10-14/h4-5,10H,2-3,6-9,11-13H2,1H3/t19-/m1/s1. The third kappa shape index (κ3) is 3.45. The zero-order valence-electron chi connectivity index (χ0n) is 15.0. The van der Waals surface area contributed by atoms with Crippen LogP contribution in [0.5, 0.6) is 0 Å². The molecule has 1 spiro atoms. The van der Waals surface area contributed by atoms with Crippen molar-refractivity contribution in [2.24, 2.45) is 5.41 Å². The minimum Gasteiger partial charge on any atom is -0.338 e. The monoisotopic (exact) mass is 362 g/mol. The van der Waals surface area contributed by atoms with Crippen molar-refractivity contribution < 1.29 is 13.3 Å². The van der Waals surface area contributed by atoms with E-state index in [9.17, 15) is 8.78 Å². The van der Waals surface area contributed by atoms with E-state index in [4.69, 9.17) is 4.52 Å². The molecular formula is C19H24F2N4O. The number of aromatic nitrogens is 2. The Hall–Kier alpha value is -2.02. The van der Waals surface area contributed by atoms with Crippen LogP contribution in [0.4, 0.5) is 14.7 Å². The van der Waals surface area contributed by atoms with Crippen molar-refractivity contribution in [1.29, 1.82) is 0 Å². The Kier molecular flexibility index (Phi) is 4.65. The Morgan fingerprint density at radius 2 is 2.04 bits per heavy atom. The lowest BCUT2D eigenvalue weighted by Gasteiger charge is -2.40. The van der Waals surface area contributed by atoms with E-state index >= 15 is 0 Å². The predicted molar refractivity (Wildman–Crippen MR) is 93.8 cm³/mol. The van der Waals surface area contributed by atoms with E-state index in [0.717, 1.165) is 51.0 Å². The van der Waals surface area contributed by atoms with Gasteiger partial charge in [-0.05, 0) is 48.7 Å². The van der Waals surface area contributed by atoms with Crippen LogP contribution in [0.2, 0.25) is 0 Å². The molecule has 3 heterocycles. The molecule has 0 bridgehead atoms. The maximum atomic E-state index is 13.5. The fourth-order valence-corrected chi connectivity index (χ4v) is 4.30. The first-order chi connectivity index (χ1) is 12.6. The Morgan fingerprint density at radius 3 is 2.81 bits per heavy atom. The number of halogens is 2. The SMILES string of the molecule is CCc1nc(N2CC[C@@]3(CCCN(Cc4ccc(F)c(F)c4)C3)C2)no1. The van der Waals surface area contributed by atoms with Crippen LogP contribution in [0.15, 0.2) is 22.7 Å². The topological polar surface area (TPSA) is 45.4 Å². The summed E-state index contributed by atoms with van der Waals surface area (Å²) >= 11 is 0. The van der Waals surface area contributed by atoms with Crippen LogP contribution in [0.25, 0.3) is 0 Å². The lowest BCUT2D eigenvalue weighted by molar-refractivity contribution is 0.0990. The highest BCUT2D eigenvalue weighted by Gasteiger charge is 2.42. The summed E-state index contributed by atoms with van der Waals surface area (Å²) in [6.45, 7) is 6.46. The molecule has 1 atom stereocenters. The molecule has 0 amide bonds. The Morgan fingerprint density at radius 1 is 1.15 bits per heavy atom. The van der Waals surface area contributed by atoms with Crippen molar-refractivity contribution in [3.63, 3.8) is 0 Å². The van der Waals surface area contributed by atoms with Gasteiger partial charge >= 0.3 is 0 Å². The third-order valence-corrected chi connectivity index (χ3v) is 5.61. The molecule has 0 unspecified atom stereocenters. The van der Waals surface area contributed by atoms with Gasteiger partial charge in [-0.3, -0.25) is 4.90 Å². The van der Waals surface area contributed by atoms with E-state index in [-0.39, 0.29) is 5.41 Å². The molecule has 0 aliphatic carbocycles. The van der Waals surface area contributed by atoms with E-state index in [1.54, 1.807) is 6.07 Å². The summed E-state index contributed by atoms with van der Waals surface area (Å²) < 4.78 is 31.9. The third-order valence-electron chi connectivity index (χ3n) is 5.61. The van der Waals surface area contributed by atoms with E-state index in [0.29, 0.717) is 18.4 Å². The van der Waals surface area contributed by atoms with Gasteiger partial charge in [0.25, 0.3) is 5.95 Å². The normalized spacial score (nSPS) is 23.9. The average molecular weight is 362 g/mol. The Balaban J connectivity index is 1.42. The molecule has 1 aromatic carbocycles. The van der Waals surface area contributed by atoms with Gasteiger partial charge in [-0.1, -0.05) is 13.0 Å². The summed E-state index contributed by atoms with van der Waals surface area (Å²) in [5.74, 6) is -0.201. The Labute approximate surface area is 152 Å². The van der Waals surface area contributed by atoms with Gasteiger partial charge in [-0.25, -0.2) is 8.78 Å². The van der Waals surface area contributed by atoms with Crippen LogP contribution in [-0.2, 0) is 13.0 Å². The number of hydrogen-bond donors (Lipinski definition) is 0. The predicted octanol–water partition coefficient (Wildman–Crippen LogP) is 3.40. The second kappa shape index (κ2) is 6.95. The fraction of sp³-hybridized carbons (Fsp3) is 0.579. The summed E-state index contributed by atoms with van der Waals surface area (Å²) in [7, 11) is 0. The minimum absolute atomic E-state index is 0.212. The lowest BCUT2D eigenvalue weighted by Crippen LogP contribution is -2.44. The summed E-state index contributed by atoms with van der Waals surface area (Å²) in [6.07, 6.45) is 4.13. The van der Waals surface area contributed by atoms with Gasteiger partial charge in [0.15, 0.2) is 11.6 Å². The molecule has 2 saturated heterocycles. The van der Waals surface area contributed by atoms with E-state index in [2.05, 4.69) is 19.9 Å². The van der Waals surface area contributed by atoms with E-state index in [1.165, 1.54) is 18.6 Å². The zero-order valence-corrected chi connectivity index (χ0v) is 15.0. The highest BCUT2D eigenvalue weighted by Crippen LogP contribution is 2.40. The van der Waals surface area contributed by atoms with Crippen LogP contribution >= 0.6 is 0 Å². The van der Waals surface area contributed by atoms with Crippen molar-refractivity contribution in [2.75, 3.05) is 31.1 Å². The number of anilines is 1. The molecule has 1 aromatic heterocycles. The number of nitrogens with zero attached hydrogens (tertiary/aromatic N) is 4. The maximum Gasteiger partial charge on any atom is 0.266 e. The lowest BCUT2D eigenvalue weighted by atomic mass is 9.79. The van der Waals surface area contributed by atoms with Crippen LogP contribution in [0.1, 0.15) is 37.6 Å². The van der Waals surface area contributed by atoms with Gasteiger partial charge in [0.05, 0.1) is 0 Å². The molecule has 0 saturated carbocycles. The molecule has 26 heavy (non-hydrogen) atoms. The molecule has 4 rings (SSSR count). The molecule has 2 aliphatic rings. The first-order valence-corrected chi connectivity index (χ1v) is 9.31. The largest absolute Gasteiger partial charge is 0.338 e. The molecule has 2 aromatic rings. The molecule has 0 radical (unpaired) electrons. The second-order valence-electron chi connectivity index (χ2n) is 7.58. The van der Waals surface area contributed by atoms with Crippen molar-refractivity contribution in [1.82, 2.24) is 15.0 Å². The fourth-order valence-electron chi connectivity index (χ4n) is 4.30. The van der Waals surface area contributed by atoms with Crippen LogP contribution in [0.3, 0.4) is 0 Å². The molecule has 5 nitrogen and oxygen atoms in total. The summed E-state index contributed by atoms with van der Waals surface area (Å²) in [6, 6.07) is 4.19. The van der Waals surface area contributed by atoms with Crippen LogP contribution < -0.4 is 4.90 Å². The van der Waals surface area contributed by atoms with Gasteiger partial charge in [-0.2, -0.15) is 4.98 Å². The molecule has 2 fully saturated rings. The average Bonchev–Trinajstić information content (AvgIpc) is 3.26. The number of benzene rings is 1. The number of hydrogen-bond acceptors (Lipinski definition) is 5. The first kappa shape index (κ1) is 17.4. The summed E-state index contributed by atoms with van der Waals surface area (Å²) in [5.41, 5.74) is 1.03. The quantitative estimate of drug-likeness (QED) is 0.834. The molecule has 0 N–H and O–H groups in total. The van der Waals surface area contributed by atoms with E-state index < -0.39 is 11.6 Å². The van der Waals surface area contributed by atoms with Crippen LogP contribution in [-0.4, -0.2) is 41.2 Å². The number of aryl methyl sites for hydroxylation is 1. The first-order valence-electron chi connectivity index (χ1n) is 9.31. The van der Waals surface area contributed by atoms with Crippen molar-refractivity contribution in [3.05, 3.63) is 41.3 Å². The second-order valence-corrected chi connectivity index (χ2v) is 7.58. The molecule has 140 valence electrons. The summed E-state index contributed by atoms with van der Waals surface area (Å²) in [4.78, 5) is 9.02. The number of likely N-dealkylation sites (tertiary alicyclic amines) is 1. The molecule has 2 aliphatic heterocycles.